The minimum Gasteiger partial charge on any atom is -0.437 e. The number of nitrogens with one attached hydrogen (secondary N) is 2. The number of amides is 2. The van der Waals surface area contributed by atoms with Gasteiger partial charge in [-0.2, -0.15) is 13.2 Å². The van der Waals surface area contributed by atoms with Gasteiger partial charge in [-0.3, -0.25) is 0 Å². The van der Waals surface area contributed by atoms with E-state index in [0.717, 1.165) is 12.1 Å². The zero-order valence-electron chi connectivity index (χ0n) is 17.7. The van der Waals surface area contributed by atoms with Crippen LogP contribution in [0.2, 0.25) is 0 Å². The van der Waals surface area contributed by atoms with Gasteiger partial charge in [-0.05, 0) is 55.3 Å². The van der Waals surface area contributed by atoms with Crippen LogP contribution >= 0.6 is 0 Å². The first-order valence-corrected chi connectivity index (χ1v) is 10.2. The number of carbonyl (C=O) groups excluding carboxylic acids is 1. The average Bonchev–Trinajstić information content (AvgIpc) is 3.58. The molecule has 0 aliphatic heterocycles. The summed E-state index contributed by atoms with van der Waals surface area (Å²) in [6.07, 6.45) is -8.06. The van der Waals surface area contributed by atoms with Crippen LogP contribution in [-0.4, -0.2) is 23.6 Å². The maximum atomic E-state index is 13.7. The molecule has 0 unspecified atom stereocenters. The molecule has 4 rings (SSSR count). The van der Waals surface area contributed by atoms with Gasteiger partial charge in [-0.1, -0.05) is 18.2 Å². The number of halogens is 6. The van der Waals surface area contributed by atoms with Crippen LogP contribution in [-0.2, 0) is 5.41 Å². The van der Waals surface area contributed by atoms with E-state index in [-0.39, 0.29) is 41.4 Å². The molecular formula is C23H17F6N3O3. The summed E-state index contributed by atoms with van der Waals surface area (Å²) in [4.78, 5) is 16.4. The average molecular weight is 497 g/mol. The Labute approximate surface area is 194 Å². The van der Waals surface area contributed by atoms with Gasteiger partial charge in [0.15, 0.2) is 0 Å². The topological polar surface area (TPSA) is 72.5 Å². The zero-order valence-corrected chi connectivity index (χ0v) is 17.7. The van der Waals surface area contributed by atoms with Gasteiger partial charge in [0.2, 0.25) is 5.88 Å². The zero-order chi connectivity index (χ0) is 25.3. The van der Waals surface area contributed by atoms with Crippen molar-refractivity contribution in [1.82, 2.24) is 4.98 Å². The Morgan fingerprint density at radius 1 is 0.886 bits per heavy atom. The van der Waals surface area contributed by atoms with E-state index in [1.165, 1.54) is 54.7 Å². The number of hydrogen-bond donors (Lipinski definition) is 2. The molecule has 35 heavy (non-hydrogen) atoms. The molecule has 3 aromatic rings. The first kappa shape index (κ1) is 24.2. The summed E-state index contributed by atoms with van der Waals surface area (Å²) < 4.78 is 87.3. The molecule has 184 valence electrons. The highest BCUT2D eigenvalue weighted by molar-refractivity contribution is 6.00. The Kier molecular flexibility index (Phi) is 6.22. The highest BCUT2D eigenvalue weighted by Crippen LogP contribution is 2.61. The number of ether oxygens (including phenoxy) is 2. The number of hydrogen-bond acceptors (Lipinski definition) is 4. The lowest BCUT2D eigenvalue weighted by Gasteiger charge is -2.22. The number of urea groups is 1. The van der Waals surface area contributed by atoms with Crippen LogP contribution in [0.15, 0.2) is 66.9 Å². The molecule has 6 nitrogen and oxygen atoms in total. The second-order valence-corrected chi connectivity index (χ2v) is 7.69. The molecule has 1 saturated carbocycles. The van der Waals surface area contributed by atoms with Crippen molar-refractivity contribution in [3.63, 3.8) is 0 Å². The second kappa shape index (κ2) is 9.01. The summed E-state index contributed by atoms with van der Waals surface area (Å²) in [6, 6.07) is 12.3. The molecule has 12 heteroatoms. The van der Waals surface area contributed by atoms with E-state index in [0.29, 0.717) is 0 Å². The fourth-order valence-corrected chi connectivity index (χ4v) is 3.48. The van der Waals surface area contributed by atoms with Gasteiger partial charge in [0.25, 0.3) is 0 Å². The van der Waals surface area contributed by atoms with Crippen LogP contribution in [0, 0.1) is 0 Å². The van der Waals surface area contributed by atoms with Crippen molar-refractivity contribution in [1.29, 1.82) is 0 Å². The van der Waals surface area contributed by atoms with E-state index in [2.05, 4.69) is 20.4 Å². The molecule has 0 radical (unpaired) electrons. The molecule has 2 N–H and O–H groups in total. The Balaban J connectivity index is 1.48. The van der Waals surface area contributed by atoms with E-state index < -0.39 is 29.7 Å². The largest absolute Gasteiger partial charge is 0.573 e. The Bertz CT molecular complexity index is 1210. The standard InChI is InChI=1S/C23H17F6N3O3/c24-22(25,26)21(11-12-21)16-4-1-2-6-18(16)34-19-17(5-3-13-30-19)32-20(33)31-14-7-9-15(10-8-14)35-23(27,28)29/h1-10,13H,11-12H2,(H2,31,32,33). The molecule has 2 amide bonds. The third-order valence-corrected chi connectivity index (χ3v) is 5.27. The van der Waals surface area contributed by atoms with Crippen LogP contribution in [0.4, 0.5) is 42.5 Å². The number of rotatable bonds is 6. The first-order chi connectivity index (χ1) is 16.5. The molecule has 0 saturated heterocycles. The monoisotopic (exact) mass is 497 g/mol. The van der Waals surface area contributed by atoms with E-state index in [1.807, 2.05) is 0 Å². The molecular weight excluding hydrogens is 480 g/mol. The lowest BCUT2D eigenvalue weighted by Crippen LogP contribution is -2.29. The molecule has 1 fully saturated rings. The van der Waals surface area contributed by atoms with Crippen LogP contribution in [0.5, 0.6) is 17.4 Å². The number of benzene rings is 2. The van der Waals surface area contributed by atoms with Crippen molar-refractivity contribution in [2.45, 2.75) is 30.8 Å². The molecule has 1 aliphatic rings. The molecule has 0 spiro atoms. The van der Waals surface area contributed by atoms with Crippen molar-refractivity contribution in [3.8, 4) is 17.4 Å². The van der Waals surface area contributed by atoms with Gasteiger partial charge >= 0.3 is 18.6 Å². The van der Waals surface area contributed by atoms with E-state index in [1.54, 1.807) is 0 Å². The van der Waals surface area contributed by atoms with Crippen LogP contribution in [0.3, 0.4) is 0 Å². The number of anilines is 2. The van der Waals surface area contributed by atoms with Gasteiger partial charge in [0.1, 0.15) is 17.2 Å². The van der Waals surface area contributed by atoms with Crippen molar-refractivity contribution < 1.29 is 40.6 Å². The minimum atomic E-state index is -4.85. The van der Waals surface area contributed by atoms with Gasteiger partial charge in [0, 0.05) is 17.4 Å². The van der Waals surface area contributed by atoms with E-state index in [4.69, 9.17) is 4.74 Å². The summed E-state index contributed by atoms with van der Waals surface area (Å²) >= 11 is 0. The number of pyridine rings is 1. The fourth-order valence-electron chi connectivity index (χ4n) is 3.48. The smallest absolute Gasteiger partial charge is 0.437 e. The Hall–Kier alpha value is -3.96. The van der Waals surface area contributed by atoms with Gasteiger partial charge in [-0.15, -0.1) is 13.2 Å². The normalized spacial score (nSPS) is 14.7. The van der Waals surface area contributed by atoms with Crippen LogP contribution in [0.25, 0.3) is 0 Å². The number of alkyl halides is 6. The number of para-hydroxylation sites is 1. The molecule has 1 aliphatic carbocycles. The summed E-state index contributed by atoms with van der Waals surface area (Å²) in [5.41, 5.74) is -1.77. The maximum absolute atomic E-state index is 13.7. The van der Waals surface area contributed by atoms with Crippen LogP contribution in [0.1, 0.15) is 18.4 Å². The Morgan fingerprint density at radius 2 is 1.57 bits per heavy atom. The Morgan fingerprint density at radius 3 is 2.20 bits per heavy atom. The highest BCUT2D eigenvalue weighted by atomic mass is 19.4. The van der Waals surface area contributed by atoms with E-state index in [9.17, 15) is 31.1 Å². The molecule has 0 atom stereocenters. The molecule has 0 bridgehead atoms. The third kappa shape index (κ3) is 5.58. The second-order valence-electron chi connectivity index (χ2n) is 7.69. The summed E-state index contributed by atoms with van der Waals surface area (Å²) in [5.74, 6) is -0.635. The van der Waals surface area contributed by atoms with Crippen molar-refractivity contribution in [2.24, 2.45) is 0 Å². The minimum absolute atomic E-state index is 0.0188. The lowest BCUT2D eigenvalue weighted by atomic mass is 9.94. The fraction of sp³-hybridized carbons (Fsp3) is 0.217. The highest BCUT2D eigenvalue weighted by Gasteiger charge is 2.65. The summed E-state index contributed by atoms with van der Waals surface area (Å²) in [5, 5.41) is 4.88. The molecule has 1 aromatic heterocycles. The lowest BCUT2D eigenvalue weighted by molar-refractivity contribution is -0.274. The molecule has 2 aromatic carbocycles. The van der Waals surface area contributed by atoms with Crippen molar-refractivity contribution in [3.05, 3.63) is 72.4 Å². The summed E-state index contributed by atoms with van der Waals surface area (Å²) in [6.45, 7) is 0. The van der Waals surface area contributed by atoms with Gasteiger partial charge < -0.3 is 20.1 Å². The predicted molar refractivity (Wildman–Crippen MR) is 113 cm³/mol. The van der Waals surface area contributed by atoms with E-state index >= 15 is 0 Å². The summed E-state index contributed by atoms with van der Waals surface area (Å²) in [7, 11) is 0. The maximum Gasteiger partial charge on any atom is 0.573 e. The number of nitrogens with zero attached hydrogens (tertiary/aromatic N) is 1. The van der Waals surface area contributed by atoms with Crippen LogP contribution < -0.4 is 20.1 Å². The van der Waals surface area contributed by atoms with Gasteiger partial charge in [0.05, 0.1) is 5.41 Å². The number of aromatic nitrogens is 1. The van der Waals surface area contributed by atoms with Crippen molar-refractivity contribution >= 4 is 17.4 Å². The first-order valence-electron chi connectivity index (χ1n) is 10.2. The van der Waals surface area contributed by atoms with Gasteiger partial charge in [-0.25, -0.2) is 9.78 Å². The van der Waals surface area contributed by atoms with Crippen molar-refractivity contribution in [2.75, 3.05) is 10.6 Å². The number of carbonyl (C=O) groups is 1. The predicted octanol–water partition coefficient (Wildman–Crippen LogP) is 7.01. The quantitative estimate of drug-likeness (QED) is 0.360. The molecule has 1 heterocycles. The SMILES string of the molecule is O=C(Nc1ccc(OC(F)(F)F)cc1)Nc1cccnc1Oc1ccccc1C1(C(F)(F)F)CC1. The third-order valence-electron chi connectivity index (χ3n) is 5.27.